The van der Waals surface area contributed by atoms with E-state index >= 15 is 0 Å². The van der Waals surface area contributed by atoms with Crippen molar-refractivity contribution in [3.05, 3.63) is 53.6 Å². The van der Waals surface area contributed by atoms with E-state index in [4.69, 9.17) is 14.7 Å². The zero-order valence-corrected chi connectivity index (χ0v) is 15.9. The van der Waals surface area contributed by atoms with Crippen molar-refractivity contribution >= 4 is 11.7 Å². The molecule has 2 aromatic rings. The predicted octanol–water partition coefficient (Wildman–Crippen LogP) is 4.16. The molecule has 0 spiro atoms. The number of rotatable bonds is 8. The molecule has 0 aliphatic heterocycles. The number of hydrogen-bond acceptors (Lipinski definition) is 5. The zero-order chi connectivity index (χ0) is 20.0. The highest BCUT2D eigenvalue weighted by molar-refractivity contribution is 5.84. The molecule has 0 fully saturated rings. The van der Waals surface area contributed by atoms with E-state index in [1.807, 2.05) is 26.8 Å². The molecular formula is C21H24N2O4. The first-order valence-corrected chi connectivity index (χ1v) is 8.76. The molecule has 0 saturated carbocycles. The fraction of sp³-hybridized carbons (Fsp3) is 0.333. The number of nitrogens with one attached hydrogen (secondary N) is 1. The summed E-state index contributed by atoms with van der Waals surface area (Å²) in [4.78, 5) is 12.1. The van der Waals surface area contributed by atoms with Gasteiger partial charge in [-0.1, -0.05) is 6.07 Å². The molecule has 6 heteroatoms. The lowest BCUT2D eigenvalue weighted by Crippen LogP contribution is -2.40. The van der Waals surface area contributed by atoms with Gasteiger partial charge < -0.3 is 19.9 Å². The molecule has 27 heavy (non-hydrogen) atoms. The molecule has 2 rings (SSSR count). The predicted molar refractivity (Wildman–Crippen MR) is 103 cm³/mol. The van der Waals surface area contributed by atoms with E-state index in [0.29, 0.717) is 34.9 Å². The van der Waals surface area contributed by atoms with Crippen molar-refractivity contribution in [3.63, 3.8) is 0 Å². The molecule has 0 aliphatic carbocycles. The minimum absolute atomic E-state index is 0.0299. The average Bonchev–Trinajstić information content (AvgIpc) is 2.63. The fourth-order valence-electron chi connectivity index (χ4n) is 2.60. The third-order valence-corrected chi connectivity index (χ3v) is 4.02. The average molecular weight is 368 g/mol. The van der Waals surface area contributed by atoms with E-state index < -0.39 is 11.5 Å². The van der Waals surface area contributed by atoms with Crippen LogP contribution in [0, 0.1) is 11.3 Å². The number of anilines is 1. The highest BCUT2D eigenvalue weighted by Crippen LogP contribution is 2.35. The Labute approximate surface area is 159 Å². The van der Waals surface area contributed by atoms with E-state index in [9.17, 15) is 9.90 Å². The molecule has 0 amide bonds. The first-order valence-electron chi connectivity index (χ1n) is 8.76. The van der Waals surface area contributed by atoms with Crippen LogP contribution in [0.1, 0.15) is 38.8 Å². The topological polar surface area (TPSA) is 91.6 Å². The van der Waals surface area contributed by atoms with Crippen LogP contribution in [0.25, 0.3) is 0 Å². The summed E-state index contributed by atoms with van der Waals surface area (Å²) in [6.07, 6.45) is -0.0299. The summed E-state index contributed by atoms with van der Waals surface area (Å²) in [6, 6.07) is 13.8. The van der Waals surface area contributed by atoms with Crippen LogP contribution >= 0.6 is 0 Å². The highest BCUT2D eigenvalue weighted by atomic mass is 16.5. The van der Waals surface area contributed by atoms with Gasteiger partial charge in [0.2, 0.25) is 0 Å². The second-order valence-corrected chi connectivity index (χ2v) is 6.51. The Morgan fingerprint density at radius 1 is 1.22 bits per heavy atom. The van der Waals surface area contributed by atoms with Gasteiger partial charge in [-0.3, -0.25) is 0 Å². The Morgan fingerprint density at radius 2 is 1.89 bits per heavy atom. The quantitative estimate of drug-likeness (QED) is 0.727. The van der Waals surface area contributed by atoms with Gasteiger partial charge in [-0.15, -0.1) is 0 Å². The summed E-state index contributed by atoms with van der Waals surface area (Å²) in [5, 5.41) is 21.8. The molecular weight excluding hydrogens is 344 g/mol. The Kier molecular flexibility index (Phi) is 6.30. The number of benzene rings is 2. The monoisotopic (exact) mass is 368 g/mol. The van der Waals surface area contributed by atoms with Crippen molar-refractivity contribution in [2.75, 3.05) is 11.9 Å². The Hall–Kier alpha value is -3.20. The number of carboxylic acid groups (broad SMARTS) is 1. The van der Waals surface area contributed by atoms with Crippen molar-refractivity contribution in [1.82, 2.24) is 0 Å². The van der Waals surface area contributed by atoms with Gasteiger partial charge >= 0.3 is 5.97 Å². The van der Waals surface area contributed by atoms with Gasteiger partial charge in [0.05, 0.1) is 24.3 Å². The number of nitriles is 1. The zero-order valence-electron chi connectivity index (χ0n) is 15.9. The second-order valence-electron chi connectivity index (χ2n) is 6.51. The summed E-state index contributed by atoms with van der Waals surface area (Å²) < 4.78 is 11.4. The summed E-state index contributed by atoms with van der Waals surface area (Å²) in [5.74, 6) is 0.0337. The first kappa shape index (κ1) is 20.1. The van der Waals surface area contributed by atoms with E-state index in [1.165, 1.54) is 0 Å². The van der Waals surface area contributed by atoms with Gasteiger partial charge in [0.15, 0.2) is 17.0 Å². The molecule has 0 aromatic heterocycles. The van der Waals surface area contributed by atoms with Crippen molar-refractivity contribution < 1.29 is 19.4 Å². The summed E-state index contributed by atoms with van der Waals surface area (Å²) in [7, 11) is 0. The maximum absolute atomic E-state index is 12.1. The molecule has 142 valence electrons. The van der Waals surface area contributed by atoms with E-state index in [2.05, 4.69) is 5.32 Å². The van der Waals surface area contributed by atoms with Crippen molar-refractivity contribution in [3.8, 4) is 17.6 Å². The normalized spacial score (nSPS) is 12.7. The van der Waals surface area contributed by atoms with Crippen LogP contribution < -0.4 is 14.8 Å². The first-order chi connectivity index (χ1) is 12.8. The van der Waals surface area contributed by atoms with Gasteiger partial charge in [0, 0.05) is 5.69 Å². The van der Waals surface area contributed by atoms with Crippen molar-refractivity contribution in [2.24, 2.45) is 0 Å². The molecule has 1 unspecified atom stereocenters. The lowest BCUT2D eigenvalue weighted by Gasteiger charge is -2.29. The van der Waals surface area contributed by atoms with Crippen LogP contribution in [-0.4, -0.2) is 23.8 Å². The molecule has 1 atom stereocenters. The Bertz CT molecular complexity index is 840. The Balaban J connectivity index is 2.43. The second kappa shape index (κ2) is 8.45. The summed E-state index contributed by atoms with van der Waals surface area (Å²) in [6.45, 7) is 7.71. The summed E-state index contributed by atoms with van der Waals surface area (Å²) in [5.41, 5.74) is 0.237. The minimum Gasteiger partial charge on any atom is -0.490 e. The number of nitrogens with zero attached hydrogens (tertiary/aromatic N) is 1. The number of ether oxygens (including phenoxy) is 2. The fourth-order valence-corrected chi connectivity index (χ4v) is 2.60. The van der Waals surface area contributed by atoms with Gasteiger partial charge in [-0.2, -0.15) is 5.26 Å². The van der Waals surface area contributed by atoms with E-state index in [0.717, 1.165) is 0 Å². The van der Waals surface area contributed by atoms with Crippen LogP contribution in [-0.2, 0) is 10.3 Å². The van der Waals surface area contributed by atoms with Crippen LogP contribution in [0.3, 0.4) is 0 Å². The number of aliphatic carboxylic acids is 1. The van der Waals surface area contributed by atoms with E-state index in [1.54, 1.807) is 49.4 Å². The van der Waals surface area contributed by atoms with Crippen LogP contribution in [0.4, 0.5) is 5.69 Å². The SMILES string of the molecule is CCOc1cc(C(C)(Nc2ccc(C#N)cc2)C(=O)O)ccc1OC(C)C. The lowest BCUT2D eigenvalue weighted by molar-refractivity contribution is -0.142. The van der Waals surface area contributed by atoms with Crippen LogP contribution in [0.2, 0.25) is 0 Å². The number of carboxylic acids is 1. The largest absolute Gasteiger partial charge is 0.490 e. The van der Waals surface area contributed by atoms with Crippen molar-refractivity contribution in [1.29, 1.82) is 5.26 Å². The van der Waals surface area contributed by atoms with E-state index in [-0.39, 0.29) is 6.10 Å². The maximum Gasteiger partial charge on any atom is 0.333 e. The van der Waals surface area contributed by atoms with Gasteiger partial charge in [0.25, 0.3) is 0 Å². The van der Waals surface area contributed by atoms with Crippen molar-refractivity contribution in [2.45, 2.75) is 39.3 Å². The standard InChI is InChI=1S/C21H24N2O4/c1-5-26-19-12-16(8-11-18(19)27-14(2)3)21(4,20(24)25)23-17-9-6-15(13-22)7-10-17/h6-12,14,23H,5H2,1-4H3,(H,24,25). The highest BCUT2D eigenvalue weighted by Gasteiger charge is 2.36. The third-order valence-electron chi connectivity index (χ3n) is 4.02. The molecule has 0 heterocycles. The molecule has 0 saturated heterocycles. The molecule has 0 radical (unpaired) electrons. The molecule has 2 aromatic carbocycles. The smallest absolute Gasteiger partial charge is 0.333 e. The van der Waals surface area contributed by atoms with Gasteiger partial charge in [-0.05, 0) is 69.7 Å². The van der Waals surface area contributed by atoms with Crippen LogP contribution in [0.5, 0.6) is 11.5 Å². The minimum atomic E-state index is -1.39. The Morgan fingerprint density at radius 3 is 2.41 bits per heavy atom. The number of carbonyl (C=O) groups is 1. The lowest BCUT2D eigenvalue weighted by atomic mass is 9.91. The molecule has 0 aliphatic rings. The maximum atomic E-state index is 12.1. The van der Waals surface area contributed by atoms with Crippen LogP contribution in [0.15, 0.2) is 42.5 Å². The molecule has 0 bridgehead atoms. The molecule has 6 nitrogen and oxygen atoms in total. The third kappa shape index (κ3) is 4.70. The van der Waals surface area contributed by atoms with Gasteiger partial charge in [-0.25, -0.2) is 4.79 Å². The summed E-state index contributed by atoms with van der Waals surface area (Å²) >= 11 is 0. The van der Waals surface area contributed by atoms with Gasteiger partial charge in [0.1, 0.15) is 0 Å². The molecule has 2 N–H and O–H groups in total. The number of hydrogen-bond donors (Lipinski definition) is 2.